The number of imidazole rings is 1. The van der Waals surface area contributed by atoms with Gasteiger partial charge in [0.15, 0.2) is 11.5 Å². The summed E-state index contributed by atoms with van der Waals surface area (Å²) in [4.78, 5) is 46.4. The Hall–Kier alpha value is -4.48. The molecule has 1 aromatic heterocycles. The number of carbonyl (C=O) groups is 3. The van der Waals surface area contributed by atoms with Gasteiger partial charge in [-0.3, -0.25) is 14.4 Å². The second-order valence-electron chi connectivity index (χ2n) is 8.05. The molecular formula is C25H28N6O5. The number of imide groups is 3. The molecule has 0 aliphatic heterocycles. The van der Waals surface area contributed by atoms with E-state index in [4.69, 9.17) is 11.5 Å². The number of aromatic amines is 1. The van der Waals surface area contributed by atoms with Crippen molar-refractivity contribution in [3.63, 3.8) is 0 Å². The first-order valence-corrected chi connectivity index (χ1v) is 11.1. The number of hydrogen-bond acceptors (Lipinski definition) is 9. The van der Waals surface area contributed by atoms with Gasteiger partial charge in [0.25, 0.3) is 17.7 Å². The van der Waals surface area contributed by atoms with Crippen molar-refractivity contribution in [3.05, 3.63) is 84.1 Å². The van der Waals surface area contributed by atoms with Crippen LogP contribution in [0.2, 0.25) is 0 Å². The van der Waals surface area contributed by atoms with E-state index in [2.05, 4.69) is 15.3 Å². The molecule has 0 saturated heterocycles. The largest absolute Gasteiger partial charge is 0.504 e. The Balaban J connectivity index is 1.73. The van der Waals surface area contributed by atoms with Gasteiger partial charge in [-0.1, -0.05) is 36.4 Å². The Morgan fingerprint density at radius 3 is 2.33 bits per heavy atom. The molecule has 0 aliphatic rings. The molecule has 3 aromatic rings. The molecule has 11 heteroatoms. The summed E-state index contributed by atoms with van der Waals surface area (Å²) in [6, 6.07) is 10.8. The zero-order chi connectivity index (χ0) is 26.1. The molecule has 0 spiro atoms. The molecule has 0 unspecified atom stereocenters. The number of nitrogens with zero attached hydrogens (tertiary/aromatic N) is 2. The van der Waals surface area contributed by atoms with Crippen LogP contribution in [-0.4, -0.2) is 61.4 Å². The van der Waals surface area contributed by atoms with E-state index in [9.17, 15) is 24.6 Å². The molecule has 0 saturated carbocycles. The van der Waals surface area contributed by atoms with E-state index in [1.54, 1.807) is 6.08 Å². The Bertz CT molecular complexity index is 1210. The van der Waals surface area contributed by atoms with Crippen molar-refractivity contribution >= 4 is 23.8 Å². The summed E-state index contributed by atoms with van der Waals surface area (Å²) in [5.74, 6) is -3.38. The summed E-state index contributed by atoms with van der Waals surface area (Å²) in [6.07, 6.45) is 6.10. The summed E-state index contributed by atoms with van der Waals surface area (Å²) in [5.41, 5.74) is 14.0. The molecule has 11 nitrogen and oxygen atoms in total. The lowest BCUT2D eigenvalue weighted by Gasteiger charge is -2.25. The highest BCUT2D eigenvalue weighted by atomic mass is 16.3. The van der Waals surface area contributed by atoms with Crippen molar-refractivity contribution in [2.24, 2.45) is 11.5 Å². The first kappa shape index (κ1) is 26.1. The fourth-order valence-electron chi connectivity index (χ4n) is 3.39. The fraction of sp³-hybridized carbons (Fsp3) is 0.200. The van der Waals surface area contributed by atoms with Crippen LogP contribution >= 0.6 is 0 Å². The zero-order valence-electron chi connectivity index (χ0n) is 19.4. The highest BCUT2D eigenvalue weighted by Crippen LogP contribution is 2.25. The van der Waals surface area contributed by atoms with Crippen LogP contribution in [0.5, 0.6) is 11.5 Å². The third-order valence-corrected chi connectivity index (χ3v) is 5.26. The number of aromatic nitrogens is 2. The first-order chi connectivity index (χ1) is 17.3. The maximum Gasteiger partial charge on any atom is 0.255 e. The van der Waals surface area contributed by atoms with Crippen molar-refractivity contribution in [1.29, 1.82) is 0 Å². The quantitative estimate of drug-likeness (QED) is 0.218. The third kappa shape index (κ3) is 7.01. The minimum absolute atomic E-state index is 0.0261. The molecule has 188 valence electrons. The van der Waals surface area contributed by atoms with E-state index in [0.717, 1.165) is 5.56 Å². The molecule has 2 atom stereocenters. The van der Waals surface area contributed by atoms with Gasteiger partial charge in [0.05, 0.1) is 25.0 Å². The normalized spacial score (nSPS) is 12.7. The van der Waals surface area contributed by atoms with Crippen LogP contribution in [0.1, 0.15) is 16.8 Å². The summed E-state index contributed by atoms with van der Waals surface area (Å²) in [6.45, 7) is -0.357. The maximum atomic E-state index is 13.2. The Labute approximate surface area is 207 Å². The fourth-order valence-corrected chi connectivity index (χ4v) is 3.39. The van der Waals surface area contributed by atoms with E-state index in [0.29, 0.717) is 16.2 Å². The average molecular weight is 493 g/mol. The monoisotopic (exact) mass is 492 g/mol. The summed E-state index contributed by atoms with van der Waals surface area (Å²) >= 11 is 0. The lowest BCUT2D eigenvalue weighted by Crippen LogP contribution is -2.57. The number of H-pyrrole nitrogens is 1. The van der Waals surface area contributed by atoms with E-state index >= 15 is 0 Å². The molecule has 2 aromatic carbocycles. The van der Waals surface area contributed by atoms with Gasteiger partial charge in [0, 0.05) is 18.3 Å². The van der Waals surface area contributed by atoms with E-state index in [1.807, 2.05) is 30.3 Å². The lowest BCUT2D eigenvalue weighted by molar-refractivity contribution is -0.155. The highest BCUT2D eigenvalue weighted by molar-refractivity contribution is 6.14. The van der Waals surface area contributed by atoms with Gasteiger partial charge in [-0.15, -0.1) is 0 Å². The van der Waals surface area contributed by atoms with Crippen LogP contribution in [0.15, 0.2) is 67.3 Å². The van der Waals surface area contributed by atoms with Crippen LogP contribution in [0.3, 0.4) is 0 Å². The molecule has 0 fully saturated rings. The lowest BCUT2D eigenvalue weighted by atomic mass is 10.0. The molecule has 1 heterocycles. The van der Waals surface area contributed by atoms with Gasteiger partial charge in [0.1, 0.15) is 0 Å². The van der Waals surface area contributed by atoms with Crippen molar-refractivity contribution in [2.75, 3.05) is 6.54 Å². The predicted octanol–water partition coefficient (Wildman–Crippen LogP) is 0.403. The predicted molar refractivity (Wildman–Crippen MR) is 132 cm³/mol. The van der Waals surface area contributed by atoms with Crippen molar-refractivity contribution in [2.45, 2.75) is 24.9 Å². The second-order valence-corrected chi connectivity index (χ2v) is 8.05. The zero-order valence-corrected chi connectivity index (χ0v) is 19.4. The summed E-state index contributed by atoms with van der Waals surface area (Å²) in [7, 11) is 0. The van der Waals surface area contributed by atoms with Crippen LogP contribution in [0.25, 0.3) is 6.08 Å². The number of amides is 3. The number of aromatic hydroxyl groups is 2. The van der Waals surface area contributed by atoms with Crippen molar-refractivity contribution in [3.8, 4) is 11.5 Å². The minimum atomic E-state index is -1.29. The molecule has 0 bridgehead atoms. The number of carbonyl (C=O) groups excluding carboxylic acids is 3. The standard InChI is InChI=1S/C25H28N6O5/c26-19(10-17-6-7-21(32)22(33)11-17)24(35)31(25(36)20(27)12-18-13-29-15-30-18)23(34)14-28-9-8-16-4-2-1-3-5-16/h1-9,11,13,15,19-20,28,32-33H,10,12,14,26-27H2,(H,29,30)/b9-8-/t19-,20-/m0/s1. The van der Waals surface area contributed by atoms with Gasteiger partial charge in [-0.05, 0) is 42.0 Å². The highest BCUT2D eigenvalue weighted by Gasteiger charge is 2.35. The Kier molecular flexibility index (Phi) is 8.92. The molecule has 8 N–H and O–H groups in total. The van der Waals surface area contributed by atoms with Gasteiger partial charge in [-0.2, -0.15) is 0 Å². The maximum absolute atomic E-state index is 13.2. The van der Waals surface area contributed by atoms with Gasteiger partial charge in [0.2, 0.25) is 0 Å². The third-order valence-electron chi connectivity index (χ3n) is 5.26. The molecule has 3 rings (SSSR count). The van der Waals surface area contributed by atoms with Gasteiger partial charge >= 0.3 is 0 Å². The Morgan fingerprint density at radius 1 is 1.00 bits per heavy atom. The van der Waals surface area contributed by atoms with Gasteiger partial charge < -0.3 is 32.0 Å². The van der Waals surface area contributed by atoms with E-state index in [1.165, 1.54) is 36.9 Å². The number of nitrogens with two attached hydrogens (primary N) is 2. The van der Waals surface area contributed by atoms with Crippen LogP contribution in [0, 0.1) is 0 Å². The number of nitrogens with one attached hydrogen (secondary N) is 2. The number of benzene rings is 2. The molecule has 3 amide bonds. The van der Waals surface area contributed by atoms with E-state index < -0.39 is 29.8 Å². The number of hydrogen-bond donors (Lipinski definition) is 6. The molecule has 0 aliphatic carbocycles. The van der Waals surface area contributed by atoms with Gasteiger partial charge in [-0.25, -0.2) is 9.88 Å². The van der Waals surface area contributed by atoms with E-state index in [-0.39, 0.29) is 30.9 Å². The Morgan fingerprint density at radius 2 is 1.69 bits per heavy atom. The van der Waals surface area contributed by atoms with Crippen molar-refractivity contribution < 1.29 is 24.6 Å². The first-order valence-electron chi connectivity index (χ1n) is 11.1. The van der Waals surface area contributed by atoms with Crippen LogP contribution < -0.4 is 16.8 Å². The smallest absolute Gasteiger partial charge is 0.255 e. The average Bonchev–Trinajstić information content (AvgIpc) is 3.37. The van der Waals surface area contributed by atoms with Crippen molar-refractivity contribution in [1.82, 2.24) is 20.2 Å². The topological polar surface area (TPSA) is 188 Å². The molecule has 36 heavy (non-hydrogen) atoms. The summed E-state index contributed by atoms with van der Waals surface area (Å²) in [5, 5.41) is 22.0. The second kappa shape index (κ2) is 12.3. The van der Waals surface area contributed by atoms with Crippen LogP contribution in [0.4, 0.5) is 0 Å². The molecule has 0 radical (unpaired) electrons. The summed E-state index contributed by atoms with van der Waals surface area (Å²) < 4.78 is 0. The minimum Gasteiger partial charge on any atom is -0.504 e. The number of phenols is 2. The SMILES string of the molecule is N[C@@H](Cc1ccc(O)c(O)c1)C(=O)N(C(=O)CN/C=C\c1ccccc1)C(=O)[C@@H](N)Cc1cnc[nH]1. The number of phenolic OH excluding ortho intramolecular Hbond substituents is 2. The number of rotatable bonds is 10. The van der Waals surface area contributed by atoms with Crippen LogP contribution in [-0.2, 0) is 27.2 Å². The molecular weight excluding hydrogens is 464 g/mol.